The summed E-state index contributed by atoms with van der Waals surface area (Å²) in [7, 11) is 1.54. The van der Waals surface area contributed by atoms with Gasteiger partial charge in [0, 0.05) is 20.2 Å². The third-order valence-corrected chi connectivity index (χ3v) is 3.31. The number of ether oxygens (including phenoxy) is 1. The van der Waals surface area contributed by atoms with Crippen molar-refractivity contribution in [1.29, 1.82) is 0 Å². The average molecular weight is 284 g/mol. The molecule has 1 aromatic rings. The Hall–Kier alpha value is -2.22. The van der Waals surface area contributed by atoms with Crippen molar-refractivity contribution in [2.24, 2.45) is 0 Å². The lowest BCUT2D eigenvalue weighted by Crippen LogP contribution is -2.23. The number of halogens is 1. The molecule has 0 spiro atoms. The normalized spacial score (nSPS) is 18.3. The topological polar surface area (TPSA) is 92.9 Å². The number of methoxy groups -OCH3 is 1. The zero-order valence-electron chi connectivity index (χ0n) is 10.7. The number of nitro groups is 1. The van der Waals surface area contributed by atoms with Crippen molar-refractivity contribution in [1.82, 2.24) is 0 Å². The fourth-order valence-electron chi connectivity index (χ4n) is 2.25. The molecule has 0 saturated carbocycles. The summed E-state index contributed by atoms with van der Waals surface area (Å²) in [6, 6.07) is 1.66. The van der Waals surface area contributed by atoms with E-state index in [0.717, 1.165) is 6.07 Å². The van der Waals surface area contributed by atoms with E-state index in [-0.39, 0.29) is 11.8 Å². The number of hydrogen-bond acceptors (Lipinski definition) is 5. The molecule has 1 unspecified atom stereocenters. The Morgan fingerprint density at radius 2 is 2.30 bits per heavy atom. The number of carbonyl (C=O) groups is 1. The van der Waals surface area contributed by atoms with Crippen LogP contribution in [0.1, 0.15) is 16.8 Å². The van der Waals surface area contributed by atoms with Gasteiger partial charge in [0.25, 0.3) is 5.69 Å². The molecule has 0 amide bonds. The molecule has 1 N–H and O–H groups in total. The van der Waals surface area contributed by atoms with Crippen molar-refractivity contribution in [3.05, 3.63) is 33.6 Å². The van der Waals surface area contributed by atoms with Crippen LogP contribution in [0.5, 0.6) is 0 Å². The van der Waals surface area contributed by atoms with Gasteiger partial charge in [-0.15, -0.1) is 0 Å². The summed E-state index contributed by atoms with van der Waals surface area (Å²) < 4.78 is 18.7. The maximum Gasteiger partial charge on any atom is 0.338 e. The van der Waals surface area contributed by atoms with Gasteiger partial charge in [0.2, 0.25) is 0 Å². The minimum absolute atomic E-state index is 0.0760. The minimum atomic E-state index is -1.46. The summed E-state index contributed by atoms with van der Waals surface area (Å²) in [5, 5.41) is 19.9. The van der Waals surface area contributed by atoms with Gasteiger partial charge in [-0.2, -0.15) is 0 Å². The standard InChI is InChI=1S/C12H13FN2O5/c1-20-7-2-3-14(6-7)10-4-8(12(16)17)9(13)5-11(10)15(18)19/h4-5,7H,2-3,6H2,1H3,(H,16,17). The van der Waals surface area contributed by atoms with Crippen LogP contribution in [0.15, 0.2) is 12.1 Å². The molecule has 108 valence electrons. The molecule has 2 rings (SSSR count). The van der Waals surface area contributed by atoms with E-state index in [1.165, 1.54) is 7.11 Å². The summed E-state index contributed by atoms with van der Waals surface area (Å²) in [5.74, 6) is -2.57. The maximum absolute atomic E-state index is 13.5. The van der Waals surface area contributed by atoms with Crippen molar-refractivity contribution < 1.29 is 24.0 Å². The second kappa shape index (κ2) is 5.41. The number of hydrogen-bond donors (Lipinski definition) is 1. The lowest BCUT2D eigenvalue weighted by atomic mass is 10.1. The quantitative estimate of drug-likeness (QED) is 0.667. The molecule has 1 heterocycles. The van der Waals surface area contributed by atoms with Gasteiger partial charge >= 0.3 is 5.97 Å². The third kappa shape index (κ3) is 2.55. The molecule has 8 heteroatoms. The summed E-state index contributed by atoms with van der Waals surface area (Å²) in [6.07, 6.45) is 0.598. The number of rotatable bonds is 4. The van der Waals surface area contributed by atoms with E-state index in [9.17, 15) is 19.3 Å². The zero-order valence-corrected chi connectivity index (χ0v) is 10.7. The summed E-state index contributed by atoms with van der Waals surface area (Å²) in [5.41, 5.74) is -0.913. The highest BCUT2D eigenvalue weighted by atomic mass is 19.1. The molecule has 20 heavy (non-hydrogen) atoms. The van der Waals surface area contributed by atoms with Gasteiger partial charge in [-0.25, -0.2) is 9.18 Å². The maximum atomic E-state index is 13.5. The lowest BCUT2D eigenvalue weighted by Gasteiger charge is -2.18. The molecular weight excluding hydrogens is 271 g/mol. The molecule has 1 fully saturated rings. The lowest BCUT2D eigenvalue weighted by molar-refractivity contribution is -0.384. The van der Waals surface area contributed by atoms with E-state index >= 15 is 0 Å². The van der Waals surface area contributed by atoms with Crippen LogP contribution in [0.2, 0.25) is 0 Å². The van der Waals surface area contributed by atoms with E-state index in [1.807, 2.05) is 0 Å². The first kappa shape index (κ1) is 14.2. The van der Waals surface area contributed by atoms with E-state index < -0.39 is 28.0 Å². The Labute approximate surface area is 113 Å². The van der Waals surface area contributed by atoms with Gasteiger partial charge in [-0.3, -0.25) is 10.1 Å². The molecule has 1 aliphatic rings. The first-order valence-electron chi connectivity index (χ1n) is 5.93. The molecule has 0 aliphatic carbocycles. The monoisotopic (exact) mass is 284 g/mol. The number of benzene rings is 1. The second-order valence-corrected chi connectivity index (χ2v) is 4.48. The Morgan fingerprint density at radius 1 is 1.60 bits per heavy atom. The first-order chi connectivity index (χ1) is 9.43. The number of carboxylic acids is 1. The van der Waals surface area contributed by atoms with E-state index in [4.69, 9.17) is 9.84 Å². The van der Waals surface area contributed by atoms with Gasteiger partial charge in [0.1, 0.15) is 11.5 Å². The highest BCUT2D eigenvalue weighted by molar-refractivity contribution is 5.90. The highest BCUT2D eigenvalue weighted by Crippen LogP contribution is 2.33. The zero-order chi connectivity index (χ0) is 14.9. The summed E-state index contributed by atoms with van der Waals surface area (Å²) in [6.45, 7) is 0.895. The predicted molar refractivity (Wildman–Crippen MR) is 67.6 cm³/mol. The van der Waals surface area contributed by atoms with Crippen LogP contribution < -0.4 is 4.90 Å². The van der Waals surface area contributed by atoms with E-state index in [1.54, 1.807) is 4.90 Å². The number of aromatic carboxylic acids is 1. The van der Waals surface area contributed by atoms with Crippen molar-refractivity contribution in [3.63, 3.8) is 0 Å². The van der Waals surface area contributed by atoms with Crippen molar-refractivity contribution >= 4 is 17.3 Å². The summed E-state index contributed by atoms with van der Waals surface area (Å²) in [4.78, 5) is 22.9. The van der Waals surface area contributed by atoms with Gasteiger partial charge in [0.05, 0.1) is 22.7 Å². The van der Waals surface area contributed by atoms with Gasteiger partial charge < -0.3 is 14.7 Å². The number of nitro benzene ring substituents is 1. The number of nitrogens with zero attached hydrogens (tertiary/aromatic N) is 2. The Balaban J connectivity index is 2.46. The Bertz CT molecular complexity index is 563. The van der Waals surface area contributed by atoms with Crippen LogP contribution in [0.3, 0.4) is 0 Å². The molecule has 1 aliphatic heterocycles. The van der Waals surface area contributed by atoms with Crippen LogP contribution in [0, 0.1) is 15.9 Å². The fourth-order valence-corrected chi connectivity index (χ4v) is 2.25. The molecule has 1 aromatic carbocycles. The highest BCUT2D eigenvalue weighted by Gasteiger charge is 2.30. The van der Waals surface area contributed by atoms with Crippen molar-refractivity contribution in [2.45, 2.75) is 12.5 Å². The molecule has 0 aromatic heterocycles. The number of carboxylic acid groups (broad SMARTS) is 1. The van der Waals surface area contributed by atoms with Gasteiger partial charge in [-0.05, 0) is 12.5 Å². The van der Waals surface area contributed by atoms with Crippen molar-refractivity contribution in [3.8, 4) is 0 Å². The van der Waals surface area contributed by atoms with Crippen LogP contribution in [0.4, 0.5) is 15.8 Å². The van der Waals surface area contributed by atoms with Crippen LogP contribution in [0.25, 0.3) is 0 Å². The minimum Gasteiger partial charge on any atom is -0.478 e. The van der Waals surface area contributed by atoms with Gasteiger partial charge in [-0.1, -0.05) is 0 Å². The van der Waals surface area contributed by atoms with Gasteiger partial charge in [0.15, 0.2) is 0 Å². The fraction of sp³-hybridized carbons (Fsp3) is 0.417. The van der Waals surface area contributed by atoms with Crippen LogP contribution in [-0.2, 0) is 4.74 Å². The van der Waals surface area contributed by atoms with Crippen LogP contribution >= 0.6 is 0 Å². The molecular formula is C12H13FN2O5. The molecule has 0 radical (unpaired) electrons. The van der Waals surface area contributed by atoms with E-state index in [0.29, 0.717) is 25.6 Å². The largest absolute Gasteiger partial charge is 0.478 e. The second-order valence-electron chi connectivity index (χ2n) is 4.48. The molecule has 1 atom stereocenters. The molecule has 0 bridgehead atoms. The average Bonchev–Trinajstić information content (AvgIpc) is 2.86. The van der Waals surface area contributed by atoms with Crippen molar-refractivity contribution in [2.75, 3.05) is 25.1 Å². The third-order valence-electron chi connectivity index (χ3n) is 3.31. The SMILES string of the molecule is COC1CCN(c2cc(C(=O)O)c(F)cc2[N+](=O)[O-])C1. The first-order valence-corrected chi connectivity index (χ1v) is 5.93. The summed E-state index contributed by atoms with van der Waals surface area (Å²) >= 11 is 0. The predicted octanol–water partition coefficient (Wildman–Crippen LogP) is 1.66. The Morgan fingerprint density at radius 3 is 2.80 bits per heavy atom. The number of anilines is 1. The van der Waals surface area contributed by atoms with E-state index in [2.05, 4.69) is 0 Å². The molecule has 7 nitrogen and oxygen atoms in total. The van der Waals surface area contributed by atoms with Crippen LogP contribution in [-0.4, -0.2) is 42.3 Å². The smallest absolute Gasteiger partial charge is 0.338 e. The Kier molecular flexibility index (Phi) is 3.84. The molecule has 1 saturated heterocycles.